The molecule has 3 aromatic heterocycles. The first kappa shape index (κ1) is 34.0. The zero-order valence-electron chi connectivity index (χ0n) is 28.3. The molecule has 0 radical (unpaired) electrons. The van der Waals surface area contributed by atoms with E-state index in [0.717, 1.165) is 89.9 Å². The number of fused-ring (bicyclic) bond motifs is 1. The third-order valence-corrected chi connectivity index (χ3v) is 9.77. The van der Waals surface area contributed by atoms with Crippen LogP contribution in [0.25, 0.3) is 22.2 Å². The van der Waals surface area contributed by atoms with Gasteiger partial charge in [0.2, 0.25) is 0 Å². The average molecular weight is 720 g/mol. The van der Waals surface area contributed by atoms with E-state index in [9.17, 15) is 13.9 Å². The van der Waals surface area contributed by atoms with E-state index in [1.807, 2.05) is 48.8 Å². The van der Waals surface area contributed by atoms with E-state index in [1.54, 1.807) is 0 Å². The molecule has 1 saturated heterocycles. The van der Waals surface area contributed by atoms with E-state index in [1.165, 1.54) is 17.8 Å². The molecule has 14 heteroatoms. The second kappa shape index (κ2) is 13.8. The molecule has 0 aliphatic carbocycles. The van der Waals surface area contributed by atoms with Crippen LogP contribution in [0, 0.1) is 11.6 Å². The topological polar surface area (TPSA) is 101 Å². The minimum absolute atomic E-state index is 0.431. The third-order valence-electron chi connectivity index (χ3n) is 9.77. The Labute approximate surface area is 301 Å². The highest BCUT2D eigenvalue weighted by atomic mass is 19.3. The number of aromatic nitrogens is 7. The van der Waals surface area contributed by atoms with Crippen molar-refractivity contribution in [2.75, 3.05) is 36.0 Å². The zero-order chi connectivity index (χ0) is 36.6. The number of piperazine rings is 1. The van der Waals surface area contributed by atoms with Crippen molar-refractivity contribution in [3.8, 4) is 11.1 Å². The van der Waals surface area contributed by atoms with Crippen LogP contribution in [0.4, 0.5) is 28.9 Å². The van der Waals surface area contributed by atoms with Crippen molar-refractivity contribution in [1.82, 2.24) is 34.7 Å². The van der Waals surface area contributed by atoms with Gasteiger partial charge in [0.1, 0.15) is 23.7 Å². The van der Waals surface area contributed by atoms with E-state index in [-0.39, 0.29) is 0 Å². The lowest BCUT2D eigenvalue weighted by Gasteiger charge is -2.37. The highest BCUT2D eigenvalue weighted by Gasteiger charge is 2.58. The Morgan fingerprint density at radius 1 is 0.717 bits per heavy atom. The van der Waals surface area contributed by atoms with Crippen LogP contribution in [0.2, 0.25) is 0 Å². The molecule has 4 aromatic carbocycles. The molecule has 1 unspecified atom stereocenters. The molecule has 1 atom stereocenters. The van der Waals surface area contributed by atoms with E-state index >= 15 is 8.78 Å². The van der Waals surface area contributed by atoms with Gasteiger partial charge < -0.3 is 19.5 Å². The SMILES string of the molecule is OC(Cn1cnnn1)(c1ccc(F)cc1F)C(F)(F)c1ccc(-c2ccc(N3CCN(c4ccc5ncn(Cc6ccccc6)c5c4)CC3)cc2)cn1. The van der Waals surface area contributed by atoms with Crippen molar-refractivity contribution in [2.45, 2.75) is 24.6 Å². The summed E-state index contributed by atoms with van der Waals surface area (Å²) in [5, 5.41) is 21.8. The number of rotatable bonds is 10. The smallest absolute Gasteiger partial charge is 0.323 e. The normalized spacial score (nSPS) is 14.8. The number of halogens is 4. The minimum atomic E-state index is -4.14. The van der Waals surface area contributed by atoms with Crippen LogP contribution >= 0.6 is 0 Å². The Hall–Kier alpha value is -6.15. The Kier molecular flexibility index (Phi) is 8.82. The molecule has 0 bridgehead atoms. The third kappa shape index (κ3) is 6.57. The zero-order valence-corrected chi connectivity index (χ0v) is 28.3. The lowest BCUT2D eigenvalue weighted by atomic mass is 9.84. The Bertz CT molecular complexity index is 2330. The summed E-state index contributed by atoms with van der Waals surface area (Å²) in [7, 11) is 0. The van der Waals surface area contributed by atoms with Crippen molar-refractivity contribution < 1.29 is 22.7 Å². The minimum Gasteiger partial charge on any atom is -0.377 e. The summed E-state index contributed by atoms with van der Waals surface area (Å²) >= 11 is 0. The van der Waals surface area contributed by atoms with Crippen LogP contribution in [0.1, 0.15) is 16.8 Å². The molecule has 8 rings (SSSR count). The maximum absolute atomic E-state index is 16.2. The van der Waals surface area contributed by atoms with Gasteiger partial charge in [0, 0.05) is 67.5 Å². The first-order valence-electron chi connectivity index (χ1n) is 17.0. The van der Waals surface area contributed by atoms with Gasteiger partial charge in [-0.2, -0.15) is 8.78 Å². The van der Waals surface area contributed by atoms with E-state index in [2.05, 4.69) is 70.2 Å². The lowest BCUT2D eigenvalue weighted by molar-refractivity contribution is -0.207. The number of alkyl halides is 2. The van der Waals surface area contributed by atoms with Crippen molar-refractivity contribution in [2.24, 2.45) is 0 Å². The van der Waals surface area contributed by atoms with Gasteiger partial charge in [0.05, 0.1) is 23.9 Å². The van der Waals surface area contributed by atoms with Crippen LogP contribution in [-0.2, 0) is 24.6 Å². The molecule has 1 aliphatic heterocycles. The van der Waals surface area contributed by atoms with Crippen LogP contribution in [0.5, 0.6) is 0 Å². The van der Waals surface area contributed by atoms with Crippen molar-refractivity contribution in [3.05, 3.63) is 150 Å². The molecule has 1 aliphatic rings. The Morgan fingerprint density at radius 3 is 2.11 bits per heavy atom. The second-order valence-electron chi connectivity index (χ2n) is 13.1. The fraction of sp³-hybridized carbons (Fsp3) is 0.205. The van der Waals surface area contributed by atoms with Gasteiger partial charge in [-0.25, -0.2) is 18.4 Å². The molecule has 0 saturated carbocycles. The first-order valence-corrected chi connectivity index (χ1v) is 17.0. The summed E-state index contributed by atoms with van der Waals surface area (Å²) in [6.45, 7) is 3.12. The fourth-order valence-corrected chi connectivity index (χ4v) is 6.86. The van der Waals surface area contributed by atoms with Gasteiger partial charge in [-0.05, 0) is 70.1 Å². The summed E-state index contributed by atoms with van der Waals surface area (Å²) in [5.74, 6) is -6.47. The molecule has 1 fully saturated rings. The van der Waals surface area contributed by atoms with Crippen LogP contribution < -0.4 is 9.80 Å². The Balaban J connectivity index is 0.949. The Morgan fingerprint density at radius 2 is 1.43 bits per heavy atom. The monoisotopic (exact) mass is 719 g/mol. The highest BCUT2D eigenvalue weighted by molar-refractivity contribution is 5.80. The van der Waals surface area contributed by atoms with E-state index in [4.69, 9.17) is 0 Å². The molecule has 53 heavy (non-hydrogen) atoms. The number of anilines is 2. The number of benzene rings is 4. The van der Waals surface area contributed by atoms with Gasteiger partial charge in [-0.3, -0.25) is 4.98 Å². The van der Waals surface area contributed by atoms with Gasteiger partial charge in [-0.1, -0.05) is 48.5 Å². The van der Waals surface area contributed by atoms with Crippen LogP contribution in [0.3, 0.4) is 0 Å². The maximum Gasteiger partial charge on any atom is 0.323 e. The quantitative estimate of drug-likeness (QED) is 0.162. The maximum atomic E-state index is 16.2. The molecule has 4 heterocycles. The van der Waals surface area contributed by atoms with Gasteiger partial charge in [0.25, 0.3) is 0 Å². The number of pyridine rings is 1. The van der Waals surface area contributed by atoms with Crippen LogP contribution in [-0.4, -0.2) is 66.0 Å². The van der Waals surface area contributed by atoms with E-state index in [0.29, 0.717) is 11.6 Å². The number of hydrogen-bond donors (Lipinski definition) is 1. The standard InChI is InChI=1S/C39H33F4N9O/c40-30-9-13-33(34(41)20-30)38(53,24-52-26-46-47-48-52)39(42,43)37-15-8-29(22-44-37)28-6-10-31(11-7-28)49-16-18-50(19-17-49)32-12-14-35-36(21-32)51(25-45-35)23-27-4-2-1-3-5-27/h1-15,20-22,25-26,53H,16-19,23-24H2. The molecular weight excluding hydrogens is 686 g/mol. The number of aliphatic hydroxyl groups is 1. The predicted molar refractivity (Wildman–Crippen MR) is 191 cm³/mol. The van der Waals surface area contributed by atoms with Gasteiger partial charge in [0.15, 0.2) is 5.60 Å². The molecule has 10 nitrogen and oxygen atoms in total. The van der Waals surface area contributed by atoms with Crippen molar-refractivity contribution >= 4 is 22.4 Å². The molecule has 1 N–H and O–H groups in total. The average Bonchev–Trinajstić information content (AvgIpc) is 3.85. The summed E-state index contributed by atoms with van der Waals surface area (Å²) in [6, 6.07) is 29.1. The number of imidazole rings is 1. The largest absolute Gasteiger partial charge is 0.377 e. The molecule has 7 aromatic rings. The predicted octanol–water partition coefficient (Wildman–Crippen LogP) is 6.42. The summed E-state index contributed by atoms with van der Waals surface area (Å²) in [6.07, 6.45) is 4.17. The number of nitrogens with zero attached hydrogens (tertiary/aromatic N) is 9. The molecule has 0 spiro atoms. The number of hydrogen-bond acceptors (Lipinski definition) is 8. The van der Waals surface area contributed by atoms with Crippen molar-refractivity contribution in [1.29, 1.82) is 0 Å². The molecule has 0 amide bonds. The van der Waals surface area contributed by atoms with E-state index < -0.39 is 41.0 Å². The lowest BCUT2D eigenvalue weighted by Crippen LogP contribution is -2.48. The summed E-state index contributed by atoms with van der Waals surface area (Å²) in [4.78, 5) is 13.3. The number of tetrazole rings is 1. The first-order chi connectivity index (χ1) is 25.7. The highest BCUT2D eigenvalue weighted by Crippen LogP contribution is 2.47. The summed E-state index contributed by atoms with van der Waals surface area (Å²) in [5.41, 5.74) is 1.94. The van der Waals surface area contributed by atoms with Gasteiger partial charge in [-0.15, -0.1) is 5.10 Å². The fourth-order valence-electron chi connectivity index (χ4n) is 6.86. The summed E-state index contributed by atoms with van der Waals surface area (Å²) < 4.78 is 63.9. The molecular formula is C39H33F4N9O. The molecule has 268 valence electrons. The second-order valence-corrected chi connectivity index (χ2v) is 13.1. The van der Waals surface area contributed by atoms with Crippen molar-refractivity contribution in [3.63, 3.8) is 0 Å². The van der Waals surface area contributed by atoms with Crippen LogP contribution in [0.15, 0.2) is 122 Å². The van der Waals surface area contributed by atoms with Gasteiger partial charge >= 0.3 is 5.92 Å².